The van der Waals surface area contributed by atoms with E-state index in [2.05, 4.69) is 42.7 Å². The van der Waals surface area contributed by atoms with Crippen LogP contribution in [0.4, 0.5) is 5.82 Å². The normalized spacial score (nSPS) is 20.8. The third kappa shape index (κ3) is 3.08. The fourth-order valence-corrected chi connectivity index (χ4v) is 3.07. The smallest absolute Gasteiger partial charge is 0.128 e. The van der Waals surface area contributed by atoms with Crippen molar-refractivity contribution >= 4 is 5.82 Å². The van der Waals surface area contributed by atoms with Gasteiger partial charge in [0, 0.05) is 31.9 Å². The van der Waals surface area contributed by atoms with Gasteiger partial charge in [-0.1, -0.05) is 12.5 Å². The predicted molar refractivity (Wildman–Crippen MR) is 81.7 cm³/mol. The monoisotopic (exact) mass is 261 g/mol. The molecular weight excluding hydrogens is 234 g/mol. The van der Waals surface area contributed by atoms with Gasteiger partial charge in [-0.3, -0.25) is 4.90 Å². The van der Waals surface area contributed by atoms with Gasteiger partial charge in [-0.15, -0.1) is 0 Å². The molecule has 0 saturated carbocycles. The second-order valence-electron chi connectivity index (χ2n) is 6.08. The van der Waals surface area contributed by atoms with Gasteiger partial charge in [-0.2, -0.15) is 0 Å². The van der Waals surface area contributed by atoms with Crippen molar-refractivity contribution in [3.8, 4) is 0 Å². The maximum Gasteiger partial charge on any atom is 0.128 e. The second-order valence-corrected chi connectivity index (χ2v) is 6.08. The number of pyridine rings is 1. The molecule has 2 heterocycles. The topological polar surface area (TPSA) is 19.4 Å². The molecule has 0 bridgehead atoms. The van der Waals surface area contributed by atoms with Crippen LogP contribution >= 0.6 is 0 Å². The van der Waals surface area contributed by atoms with E-state index in [1.165, 1.54) is 37.1 Å². The van der Waals surface area contributed by atoms with Crippen LogP contribution in [0, 0.1) is 6.92 Å². The van der Waals surface area contributed by atoms with Gasteiger partial charge in [0.05, 0.1) is 0 Å². The van der Waals surface area contributed by atoms with Crippen molar-refractivity contribution in [2.24, 2.45) is 0 Å². The Morgan fingerprint density at radius 3 is 2.58 bits per heavy atom. The van der Waals surface area contributed by atoms with Crippen LogP contribution in [0.5, 0.6) is 0 Å². The largest absolute Gasteiger partial charge is 0.363 e. The molecule has 1 aliphatic heterocycles. The Morgan fingerprint density at radius 1 is 1.26 bits per heavy atom. The molecule has 1 aliphatic rings. The molecule has 0 spiro atoms. The van der Waals surface area contributed by atoms with Gasteiger partial charge in [0.2, 0.25) is 0 Å². The third-order valence-corrected chi connectivity index (χ3v) is 4.14. The van der Waals surface area contributed by atoms with Crippen molar-refractivity contribution in [3.63, 3.8) is 0 Å². The van der Waals surface area contributed by atoms with Crippen LogP contribution < -0.4 is 4.90 Å². The summed E-state index contributed by atoms with van der Waals surface area (Å²) < 4.78 is 0. The molecule has 3 nitrogen and oxygen atoms in total. The van der Waals surface area contributed by atoms with Gasteiger partial charge in [0.25, 0.3) is 0 Å². The van der Waals surface area contributed by atoms with Gasteiger partial charge in [0.15, 0.2) is 0 Å². The average Bonchev–Trinajstić information content (AvgIpc) is 2.38. The summed E-state index contributed by atoms with van der Waals surface area (Å²) in [6, 6.07) is 5.59. The van der Waals surface area contributed by atoms with E-state index in [9.17, 15) is 0 Å². The summed E-state index contributed by atoms with van der Waals surface area (Å²) in [5, 5.41) is 0. The summed E-state index contributed by atoms with van der Waals surface area (Å²) in [4.78, 5) is 9.44. The van der Waals surface area contributed by atoms with E-state index < -0.39 is 0 Å². The Hall–Kier alpha value is -1.09. The molecular formula is C16H27N3. The van der Waals surface area contributed by atoms with Crippen LogP contribution in [0.1, 0.15) is 50.4 Å². The van der Waals surface area contributed by atoms with E-state index >= 15 is 0 Å². The Bertz CT molecular complexity index is 426. The highest BCUT2D eigenvalue weighted by atomic mass is 15.2. The van der Waals surface area contributed by atoms with Crippen LogP contribution in [0.25, 0.3) is 0 Å². The standard InChI is InChI=1S/C16H27N3/c1-12(2)19-11-7-6-8-15(19)14-9-10-16(18(4)5)17-13(14)3/h9-10,12,15H,6-8,11H2,1-5H3/t15-/m1/s1. The average molecular weight is 261 g/mol. The Kier molecular flexibility index (Phi) is 4.46. The molecule has 0 amide bonds. The number of aryl methyl sites for hydroxylation is 1. The molecule has 106 valence electrons. The number of piperidine rings is 1. The second kappa shape index (κ2) is 5.91. The van der Waals surface area contributed by atoms with Crippen LogP contribution in [0.3, 0.4) is 0 Å². The molecule has 1 fully saturated rings. The first-order valence-corrected chi connectivity index (χ1v) is 7.41. The summed E-state index contributed by atoms with van der Waals surface area (Å²) >= 11 is 0. The van der Waals surface area contributed by atoms with Crippen molar-refractivity contribution < 1.29 is 0 Å². The predicted octanol–water partition coefficient (Wildman–Crippen LogP) is 3.39. The van der Waals surface area contributed by atoms with Crippen molar-refractivity contribution in [2.75, 3.05) is 25.5 Å². The van der Waals surface area contributed by atoms with Gasteiger partial charge in [-0.05, 0) is 51.8 Å². The first-order chi connectivity index (χ1) is 9.00. The first kappa shape index (κ1) is 14.3. The number of nitrogens with zero attached hydrogens (tertiary/aromatic N) is 3. The number of hydrogen-bond donors (Lipinski definition) is 0. The lowest BCUT2D eigenvalue weighted by Gasteiger charge is -2.39. The zero-order chi connectivity index (χ0) is 14.0. The highest BCUT2D eigenvalue weighted by Gasteiger charge is 2.27. The maximum atomic E-state index is 4.74. The minimum absolute atomic E-state index is 0.553. The molecule has 0 aromatic carbocycles. The summed E-state index contributed by atoms with van der Waals surface area (Å²) in [6.07, 6.45) is 3.93. The molecule has 19 heavy (non-hydrogen) atoms. The lowest BCUT2D eigenvalue weighted by atomic mass is 9.93. The van der Waals surface area contributed by atoms with E-state index in [1.54, 1.807) is 0 Å². The molecule has 0 N–H and O–H groups in total. The number of hydrogen-bond acceptors (Lipinski definition) is 3. The Labute approximate surface area is 117 Å². The molecule has 0 aliphatic carbocycles. The quantitative estimate of drug-likeness (QED) is 0.831. The molecule has 3 heteroatoms. The van der Waals surface area contributed by atoms with Gasteiger partial charge in [0.1, 0.15) is 5.82 Å². The van der Waals surface area contributed by atoms with E-state index in [0.717, 1.165) is 5.82 Å². The lowest BCUT2D eigenvalue weighted by Crippen LogP contribution is -2.38. The van der Waals surface area contributed by atoms with Crippen molar-refractivity contribution in [2.45, 2.75) is 52.1 Å². The molecule has 0 unspecified atom stereocenters. The maximum absolute atomic E-state index is 4.74. The summed E-state index contributed by atoms with van der Waals surface area (Å²) in [5.41, 5.74) is 2.60. The van der Waals surface area contributed by atoms with Crippen LogP contribution in [-0.4, -0.2) is 36.6 Å². The van der Waals surface area contributed by atoms with E-state index in [4.69, 9.17) is 4.98 Å². The minimum atomic E-state index is 0.553. The van der Waals surface area contributed by atoms with Crippen LogP contribution in [0.15, 0.2) is 12.1 Å². The highest BCUT2D eigenvalue weighted by Crippen LogP contribution is 2.34. The molecule has 0 radical (unpaired) electrons. The summed E-state index contributed by atoms with van der Waals surface area (Å²) in [7, 11) is 4.09. The van der Waals surface area contributed by atoms with Gasteiger partial charge < -0.3 is 4.90 Å². The fraction of sp³-hybridized carbons (Fsp3) is 0.688. The summed E-state index contributed by atoms with van der Waals surface area (Å²) in [5.74, 6) is 1.05. The highest BCUT2D eigenvalue weighted by molar-refractivity contribution is 5.41. The van der Waals surface area contributed by atoms with Crippen LogP contribution in [-0.2, 0) is 0 Å². The number of likely N-dealkylation sites (tertiary alicyclic amines) is 1. The minimum Gasteiger partial charge on any atom is -0.363 e. The molecule has 1 aromatic heterocycles. The third-order valence-electron chi connectivity index (χ3n) is 4.14. The Morgan fingerprint density at radius 2 is 2.00 bits per heavy atom. The number of anilines is 1. The first-order valence-electron chi connectivity index (χ1n) is 7.41. The fourth-order valence-electron chi connectivity index (χ4n) is 3.07. The van der Waals surface area contributed by atoms with Gasteiger partial charge in [-0.25, -0.2) is 4.98 Å². The van der Waals surface area contributed by atoms with E-state index in [1.807, 2.05) is 14.1 Å². The molecule has 1 saturated heterocycles. The van der Waals surface area contributed by atoms with Gasteiger partial charge >= 0.3 is 0 Å². The van der Waals surface area contributed by atoms with Crippen LogP contribution in [0.2, 0.25) is 0 Å². The number of aromatic nitrogens is 1. The molecule has 1 aromatic rings. The molecule has 1 atom stereocenters. The van der Waals surface area contributed by atoms with Crippen molar-refractivity contribution in [1.82, 2.24) is 9.88 Å². The zero-order valence-electron chi connectivity index (χ0n) is 13.0. The van der Waals surface area contributed by atoms with E-state index in [0.29, 0.717) is 12.1 Å². The van der Waals surface area contributed by atoms with Crippen molar-refractivity contribution in [1.29, 1.82) is 0 Å². The lowest BCUT2D eigenvalue weighted by molar-refractivity contribution is 0.111. The SMILES string of the molecule is Cc1nc(N(C)C)ccc1[C@H]1CCCCN1C(C)C. The Balaban J connectivity index is 2.29. The summed E-state index contributed by atoms with van der Waals surface area (Å²) in [6.45, 7) is 7.97. The zero-order valence-corrected chi connectivity index (χ0v) is 13.0. The van der Waals surface area contributed by atoms with E-state index in [-0.39, 0.29) is 0 Å². The van der Waals surface area contributed by atoms with Crippen molar-refractivity contribution in [3.05, 3.63) is 23.4 Å². The number of rotatable bonds is 3. The molecule has 2 rings (SSSR count).